The molecule has 8 nitrogen and oxygen atoms in total. The van der Waals surface area contributed by atoms with Crippen LogP contribution >= 0.6 is 11.3 Å². The molecule has 0 aliphatic carbocycles. The minimum absolute atomic E-state index is 0.00414. The SMILES string of the molecule is CCn1c(=NC(=O)CCCS(=O)(=O)c2ccccc2)sc2cc([N+](=O)[O-])ccc21. The molecule has 1 aromatic heterocycles. The summed E-state index contributed by atoms with van der Waals surface area (Å²) in [6.45, 7) is 2.44. The first kappa shape index (κ1) is 20.9. The standard InChI is InChI=1S/C19H19N3O5S2/c1-2-21-16-11-10-14(22(24)25)13-17(16)28-19(21)20-18(23)9-6-12-29(26,27)15-7-4-3-5-8-15/h3-5,7-8,10-11,13H,2,6,9,12H2,1H3. The second kappa shape index (κ2) is 8.66. The second-order valence-corrected chi connectivity index (χ2v) is 9.40. The minimum Gasteiger partial charge on any atom is -0.317 e. The Morgan fingerprint density at radius 3 is 2.59 bits per heavy atom. The van der Waals surface area contributed by atoms with E-state index in [1.54, 1.807) is 24.3 Å². The molecule has 1 heterocycles. The lowest BCUT2D eigenvalue weighted by atomic mass is 10.3. The van der Waals surface area contributed by atoms with Crippen LogP contribution in [0.3, 0.4) is 0 Å². The quantitative estimate of drug-likeness (QED) is 0.419. The van der Waals surface area contributed by atoms with E-state index in [2.05, 4.69) is 4.99 Å². The molecule has 0 aliphatic heterocycles. The molecule has 0 unspecified atom stereocenters. The number of nitro benzene ring substituents is 1. The van der Waals surface area contributed by atoms with Crippen LogP contribution in [0.15, 0.2) is 58.4 Å². The number of rotatable bonds is 7. The zero-order valence-electron chi connectivity index (χ0n) is 15.6. The number of hydrogen-bond donors (Lipinski definition) is 0. The number of aromatic nitrogens is 1. The van der Waals surface area contributed by atoms with E-state index in [1.807, 2.05) is 11.5 Å². The number of amides is 1. The van der Waals surface area contributed by atoms with Gasteiger partial charge in [0.05, 0.1) is 25.8 Å². The van der Waals surface area contributed by atoms with Crippen molar-refractivity contribution in [3.63, 3.8) is 0 Å². The molecule has 1 amide bonds. The summed E-state index contributed by atoms with van der Waals surface area (Å²) in [5.41, 5.74) is 0.743. The van der Waals surface area contributed by atoms with Gasteiger partial charge in [0.2, 0.25) is 5.91 Å². The number of nitro groups is 1. The van der Waals surface area contributed by atoms with Gasteiger partial charge in [0.15, 0.2) is 14.6 Å². The highest BCUT2D eigenvalue weighted by atomic mass is 32.2. The van der Waals surface area contributed by atoms with E-state index in [9.17, 15) is 23.3 Å². The monoisotopic (exact) mass is 433 g/mol. The zero-order chi connectivity index (χ0) is 21.0. The molecule has 0 radical (unpaired) electrons. The molecule has 152 valence electrons. The lowest BCUT2D eigenvalue weighted by Gasteiger charge is -2.03. The Balaban J connectivity index is 1.76. The Morgan fingerprint density at radius 2 is 1.93 bits per heavy atom. The maximum Gasteiger partial charge on any atom is 0.270 e. The first-order valence-corrected chi connectivity index (χ1v) is 11.4. The molecule has 0 aliphatic rings. The molecular formula is C19H19N3O5S2. The number of benzene rings is 2. The Morgan fingerprint density at radius 1 is 1.21 bits per heavy atom. The van der Waals surface area contributed by atoms with Gasteiger partial charge in [-0.3, -0.25) is 14.9 Å². The van der Waals surface area contributed by atoms with Crippen molar-refractivity contribution in [1.82, 2.24) is 4.57 Å². The molecule has 2 aromatic carbocycles. The van der Waals surface area contributed by atoms with Crippen LogP contribution in [0.5, 0.6) is 0 Å². The Bertz CT molecular complexity index is 1230. The Labute approximate surface area is 171 Å². The third kappa shape index (κ3) is 4.77. The van der Waals surface area contributed by atoms with Crippen LogP contribution in [0.25, 0.3) is 10.2 Å². The van der Waals surface area contributed by atoms with Gasteiger partial charge in [-0.05, 0) is 31.5 Å². The van der Waals surface area contributed by atoms with Gasteiger partial charge < -0.3 is 4.57 Å². The first-order chi connectivity index (χ1) is 13.8. The molecule has 0 bridgehead atoms. The highest BCUT2D eigenvalue weighted by Gasteiger charge is 2.15. The topological polar surface area (TPSA) is 112 Å². The summed E-state index contributed by atoms with van der Waals surface area (Å²) in [7, 11) is -3.44. The lowest BCUT2D eigenvalue weighted by molar-refractivity contribution is -0.384. The highest BCUT2D eigenvalue weighted by Crippen LogP contribution is 2.23. The molecule has 3 rings (SSSR count). The molecule has 0 saturated carbocycles. The van der Waals surface area contributed by atoms with Gasteiger partial charge in [0, 0.05) is 25.1 Å². The third-order valence-corrected chi connectivity index (χ3v) is 7.18. The minimum atomic E-state index is -3.44. The van der Waals surface area contributed by atoms with Crippen LogP contribution in [0.1, 0.15) is 19.8 Å². The summed E-state index contributed by atoms with van der Waals surface area (Å²) >= 11 is 1.20. The van der Waals surface area contributed by atoms with Crippen LogP contribution in [-0.2, 0) is 21.2 Å². The van der Waals surface area contributed by atoms with Gasteiger partial charge in [0.25, 0.3) is 5.69 Å². The maximum absolute atomic E-state index is 12.3. The van der Waals surface area contributed by atoms with Gasteiger partial charge in [-0.15, -0.1) is 0 Å². The van der Waals surface area contributed by atoms with Crippen LogP contribution in [0, 0.1) is 10.1 Å². The first-order valence-electron chi connectivity index (χ1n) is 8.95. The summed E-state index contributed by atoms with van der Waals surface area (Å²) in [6.07, 6.45) is 0.173. The molecule has 10 heteroatoms. The van der Waals surface area contributed by atoms with E-state index in [1.165, 1.54) is 35.6 Å². The van der Waals surface area contributed by atoms with Gasteiger partial charge in [-0.25, -0.2) is 8.42 Å². The fraction of sp³-hybridized carbons (Fsp3) is 0.263. The van der Waals surface area contributed by atoms with Crippen molar-refractivity contribution in [2.75, 3.05) is 5.75 Å². The van der Waals surface area contributed by atoms with Gasteiger partial charge in [-0.2, -0.15) is 4.99 Å². The predicted octanol–water partition coefficient (Wildman–Crippen LogP) is 3.31. The largest absolute Gasteiger partial charge is 0.317 e. The average Bonchev–Trinajstić information content (AvgIpc) is 3.04. The number of hydrogen-bond acceptors (Lipinski definition) is 6. The number of carbonyl (C=O) groups is 1. The zero-order valence-corrected chi connectivity index (χ0v) is 17.3. The Kier molecular flexibility index (Phi) is 6.23. The number of fused-ring (bicyclic) bond motifs is 1. The summed E-state index contributed by atoms with van der Waals surface area (Å²) in [6, 6.07) is 12.6. The summed E-state index contributed by atoms with van der Waals surface area (Å²) in [5, 5.41) is 11.0. The van der Waals surface area contributed by atoms with Crippen LogP contribution in [-0.4, -0.2) is 29.6 Å². The number of non-ortho nitro benzene ring substituents is 1. The van der Waals surface area contributed by atoms with Crippen molar-refractivity contribution in [1.29, 1.82) is 0 Å². The second-order valence-electron chi connectivity index (χ2n) is 6.28. The smallest absolute Gasteiger partial charge is 0.270 e. The number of nitrogens with zero attached hydrogens (tertiary/aromatic N) is 3. The van der Waals surface area contributed by atoms with Crippen molar-refractivity contribution in [2.45, 2.75) is 31.2 Å². The summed E-state index contributed by atoms with van der Waals surface area (Å²) in [5.74, 6) is -0.554. The van der Waals surface area contributed by atoms with Crippen molar-refractivity contribution < 1.29 is 18.1 Å². The van der Waals surface area contributed by atoms with Gasteiger partial charge in [0.1, 0.15) is 0 Å². The van der Waals surface area contributed by atoms with E-state index < -0.39 is 20.7 Å². The molecule has 0 spiro atoms. The predicted molar refractivity (Wildman–Crippen MR) is 110 cm³/mol. The number of aryl methyl sites for hydroxylation is 1. The maximum atomic E-state index is 12.3. The van der Waals surface area contributed by atoms with Crippen molar-refractivity contribution >= 4 is 43.0 Å². The molecule has 3 aromatic rings. The average molecular weight is 434 g/mol. The van der Waals surface area contributed by atoms with Crippen molar-refractivity contribution in [3.8, 4) is 0 Å². The van der Waals surface area contributed by atoms with Gasteiger partial charge >= 0.3 is 0 Å². The summed E-state index contributed by atoms with van der Waals surface area (Å²) < 4.78 is 27.0. The van der Waals surface area contributed by atoms with E-state index in [0.29, 0.717) is 16.0 Å². The fourth-order valence-corrected chi connectivity index (χ4v) is 5.36. The normalized spacial score (nSPS) is 12.4. The molecular weight excluding hydrogens is 414 g/mol. The number of sulfone groups is 1. The fourth-order valence-electron chi connectivity index (χ4n) is 2.89. The van der Waals surface area contributed by atoms with E-state index >= 15 is 0 Å². The molecule has 0 N–H and O–H groups in total. The van der Waals surface area contributed by atoms with Crippen LogP contribution in [0.4, 0.5) is 5.69 Å². The van der Waals surface area contributed by atoms with Crippen LogP contribution < -0.4 is 4.80 Å². The number of thiazole rings is 1. The van der Waals surface area contributed by atoms with Crippen molar-refractivity contribution in [3.05, 3.63) is 63.4 Å². The summed E-state index contributed by atoms with van der Waals surface area (Å²) in [4.78, 5) is 27.6. The van der Waals surface area contributed by atoms with Gasteiger partial charge in [-0.1, -0.05) is 29.5 Å². The van der Waals surface area contributed by atoms with E-state index in [-0.39, 0.29) is 29.2 Å². The van der Waals surface area contributed by atoms with E-state index in [4.69, 9.17) is 0 Å². The lowest BCUT2D eigenvalue weighted by Crippen LogP contribution is -2.16. The van der Waals surface area contributed by atoms with Crippen LogP contribution in [0.2, 0.25) is 0 Å². The molecule has 0 atom stereocenters. The Hall–Kier alpha value is -2.85. The van der Waals surface area contributed by atoms with Crippen molar-refractivity contribution in [2.24, 2.45) is 4.99 Å². The number of carbonyl (C=O) groups excluding carboxylic acids is 1. The highest BCUT2D eigenvalue weighted by molar-refractivity contribution is 7.91. The third-order valence-electron chi connectivity index (χ3n) is 4.32. The molecule has 0 saturated heterocycles. The molecule has 0 fully saturated rings. The van der Waals surface area contributed by atoms with E-state index in [0.717, 1.165) is 5.52 Å². The molecule has 29 heavy (non-hydrogen) atoms.